The highest BCUT2D eigenvalue weighted by molar-refractivity contribution is 8.00. The minimum Gasteiger partial charge on any atom is -0.300 e. The standard InChI is InChI=1S/C8H11F3OS/c9-8(10,11)13-4-3-6-1-2-7(12)5-6/h6H,1-5H2. The van der Waals surface area contributed by atoms with Gasteiger partial charge >= 0.3 is 5.51 Å². The highest BCUT2D eigenvalue weighted by Crippen LogP contribution is 2.33. The predicted molar refractivity (Wildman–Crippen MR) is 45.5 cm³/mol. The third-order valence-corrected chi connectivity index (χ3v) is 2.91. The molecule has 1 fully saturated rings. The third kappa shape index (κ3) is 4.55. The Balaban J connectivity index is 2.10. The Morgan fingerprint density at radius 1 is 1.46 bits per heavy atom. The van der Waals surface area contributed by atoms with E-state index in [2.05, 4.69) is 0 Å². The molecule has 0 heterocycles. The van der Waals surface area contributed by atoms with E-state index < -0.39 is 5.51 Å². The molecule has 76 valence electrons. The number of halogens is 3. The number of hydrogen-bond donors (Lipinski definition) is 0. The fourth-order valence-electron chi connectivity index (χ4n) is 1.48. The number of ketones is 1. The summed E-state index contributed by atoms with van der Waals surface area (Å²) >= 11 is 0.0103. The van der Waals surface area contributed by atoms with E-state index >= 15 is 0 Å². The number of alkyl halides is 3. The van der Waals surface area contributed by atoms with Gasteiger partial charge in [-0.1, -0.05) is 11.8 Å². The second-order valence-electron chi connectivity index (χ2n) is 3.23. The van der Waals surface area contributed by atoms with E-state index in [4.69, 9.17) is 0 Å². The number of hydrogen-bond acceptors (Lipinski definition) is 2. The lowest BCUT2D eigenvalue weighted by atomic mass is 10.1. The van der Waals surface area contributed by atoms with Crippen LogP contribution < -0.4 is 0 Å². The van der Waals surface area contributed by atoms with Crippen molar-refractivity contribution in [2.75, 3.05) is 5.75 Å². The van der Waals surface area contributed by atoms with E-state index in [1.807, 2.05) is 0 Å². The van der Waals surface area contributed by atoms with Crippen molar-refractivity contribution in [1.29, 1.82) is 0 Å². The van der Waals surface area contributed by atoms with Crippen LogP contribution in [0.5, 0.6) is 0 Å². The van der Waals surface area contributed by atoms with Gasteiger partial charge in [-0.15, -0.1) is 0 Å². The smallest absolute Gasteiger partial charge is 0.300 e. The van der Waals surface area contributed by atoms with Gasteiger partial charge in [0.2, 0.25) is 0 Å². The normalized spacial score (nSPS) is 23.9. The molecule has 0 N–H and O–H groups in total. The number of thioether (sulfide) groups is 1. The third-order valence-electron chi connectivity index (χ3n) is 2.14. The Morgan fingerprint density at radius 2 is 2.15 bits per heavy atom. The Labute approximate surface area is 79.1 Å². The number of carbonyl (C=O) groups excluding carboxylic acids is 1. The lowest BCUT2D eigenvalue weighted by Gasteiger charge is -2.08. The maximum atomic E-state index is 11.7. The van der Waals surface area contributed by atoms with Crippen molar-refractivity contribution in [2.45, 2.75) is 31.2 Å². The predicted octanol–water partition coefficient (Wildman–Crippen LogP) is 3.00. The highest BCUT2D eigenvalue weighted by Gasteiger charge is 2.29. The molecule has 1 aliphatic carbocycles. The summed E-state index contributed by atoms with van der Waals surface area (Å²) in [7, 11) is 0. The summed E-state index contributed by atoms with van der Waals surface area (Å²) in [4.78, 5) is 10.8. The van der Waals surface area contributed by atoms with E-state index in [1.54, 1.807) is 0 Å². The average molecular weight is 212 g/mol. The van der Waals surface area contributed by atoms with Gasteiger partial charge in [-0.05, 0) is 18.8 Å². The van der Waals surface area contributed by atoms with Crippen LogP contribution in [0.15, 0.2) is 0 Å². The summed E-state index contributed by atoms with van der Waals surface area (Å²) in [5.41, 5.74) is -4.12. The van der Waals surface area contributed by atoms with Crippen molar-refractivity contribution in [3.05, 3.63) is 0 Å². The van der Waals surface area contributed by atoms with Gasteiger partial charge in [0, 0.05) is 18.6 Å². The SMILES string of the molecule is O=C1CCC(CCSC(F)(F)F)C1. The first-order valence-electron chi connectivity index (χ1n) is 4.20. The summed E-state index contributed by atoms with van der Waals surface area (Å²) in [5.74, 6) is 0.478. The summed E-state index contributed by atoms with van der Waals surface area (Å²) < 4.78 is 35.1. The first-order chi connectivity index (χ1) is 5.97. The van der Waals surface area contributed by atoms with Gasteiger partial charge in [-0.2, -0.15) is 13.2 Å². The maximum absolute atomic E-state index is 11.7. The summed E-state index contributed by atoms with van der Waals surface area (Å²) in [6.45, 7) is 0. The molecule has 1 saturated carbocycles. The van der Waals surface area contributed by atoms with Crippen molar-refractivity contribution in [2.24, 2.45) is 5.92 Å². The molecule has 0 bridgehead atoms. The van der Waals surface area contributed by atoms with Gasteiger partial charge in [-0.3, -0.25) is 4.79 Å². The summed E-state index contributed by atoms with van der Waals surface area (Å²) in [6.07, 6.45) is 2.33. The van der Waals surface area contributed by atoms with Crippen molar-refractivity contribution < 1.29 is 18.0 Å². The van der Waals surface area contributed by atoms with Crippen LogP contribution in [0.3, 0.4) is 0 Å². The Bertz CT molecular complexity index is 190. The van der Waals surface area contributed by atoms with E-state index in [0.29, 0.717) is 19.3 Å². The minimum absolute atomic E-state index is 0.0103. The first-order valence-corrected chi connectivity index (χ1v) is 5.18. The van der Waals surface area contributed by atoms with Crippen LogP contribution in [0.1, 0.15) is 25.7 Å². The molecule has 0 aromatic rings. The lowest BCUT2D eigenvalue weighted by molar-refractivity contribution is -0.117. The van der Waals surface area contributed by atoms with E-state index in [0.717, 1.165) is 6.42 Å². The topological polar surface area (TPSA) is 17.1 Å². The van der Waals surface area contributed by atoms with Crippen LogP contribution in [-0.2, 0) is 4.79 Å². The van der Waals surface area contributed by atoms with Gasteiger partial charge in [0.1, 0.15) is 5.78 Å². The molecular formula is C8H11F3OS. The Kier molecular flexibility index (Phi) is 3.64. The van der Waals surface area contributed by atoms with Crippen LogP contribution >= 0.6 is 11.8 Å². The molecule has 1 rings (SSSR count). The monoisotopic (exact) mass is 212 g/mol. The molecule has 13 heavy (non-hydrogen) atoms. The zero-order valence-corrected chi connectivity index (χ0v) is 7.88. The van der Waals surface area contributed by atoms with Crippen LogP contribution in [0.4, 0.5) is 13.2 Å². The van der Waals surface area contributed by atoms with Crippen molar-refractivity contribution in [1.82, 2.24) is 0 Å². The Morgan fingerprint density at radius 3 is 2.62 bits per heavy atom. The molecule has 0 aromatic heterocycles. The second kappa shape index (κ2) is 4.35. The zero-order chi connectivity index (χ0) is 9.90. The lowest BCUT2D eigenvalue weighted by Crippen LogP contribution is -2.04. The van der Waals surface area contributed by atoms with Crippen LogP contribution in [0, 0.1) is 5.92 Å². The van der Waals surface area contributed by atoms with Crippen LogP contribution in [0.2, 0.25) is 0 Å². The van der Waals surface area contributed by atoms with Gasteiger partial charge in [-0.25, -0.2) is 0 Å². The fraction of sp³-hybridized carbons (Fsp3) is 0.875. The average Bonchev–Trinajstić information content (AvgIpc) is 2.33. The molecule has 1 nitrogen and oxygen atoms in total. The largest absolute Gasteiger partial charge is 0.441 e. The maximum Gasteiger partial charge on any atom is 0.441 e. The quantitative estimate of drug-likeness (QED) is 0.715. The molecule has 5 heteroatoms. The van der Waals surface area contributed by atoms with Gasteiger partial charge in [0.05, 0.1) is 0 Å². The summed E-state index contributed by atoms with van der Waals surface area (Å²) in [5, 5.41) is 0. The van der Waals surface area contributed by atoms with E-state index in [9.17, 15) is 18.0 Å². The molecule has 1 unspecified atom stereocenters. The first kappa shape index (κ1) is 10.9. The molecule has 0 spiro atoms. The van der Waals surface area contributed by atoms with E-state index in [1.165, 1.54) is 0 Å². The van der Waals surface area contributed by atoms with Crippen LogP contribution in [-0.4, -0.2) is 17.0 Å². The number of Topliss-reactive ketones (excluding diaryl/α,β-unsaturated/α-hetero) is 1. The molecule has 0 radical (unpaired) electrons. The molecule has 1 aliphatic rings. The van der Waals surface area contributed by atoms with Gasteiger partial charge in [0.25, 0.3) is 0 Å². The summed E-state index contributed by atoms with van der Waals surface area (Å²) in [6, 6.07) is 0. The van der Waals surface area contributed by atoms with Crippen molar-refractivity contribution in [3.63, 3.8) is 0 Å². The number of carbonyl (C=O) groups is 1. The van der Waals surface area contributed by atoms with Crippen LogP contribution in [0.25, 0.3) is 0 Å². The number of rotatable bonds is 3. The van der Waals surface area contributed by atoms with Gasteiger partial charge < -0.3 is 0 Å². The molecular weight excluding hydrogens is 201 g/mol. The van der Waals surface area contributed by atoms with E-state index in [-0.39, 0.29) is 29.2 Å². The van der Waals surface area contributed by atoms with Gasteiger partial charge in [0.15, 0.2) is 0 Å². The minimum atomic E-state index is -4.12. The molecule has 0 amide bonds. The fourth-order valence-corrected chi connectivity index (χ4v) is 2.16. The zero-order valence-electron chi connectivity index (χ0n) is 7.06. The molecule has 0 aliphatic heterocycles. The van der Waals surface area contributed by atoms with Crippen molar-refractivity contribution in [3.8, 4) is 0 Å². The molecule has 1 atom stereocenters. The molecule has 0 saturated heterocycles. The Hall–Kier alpha value is -0.190. The van der Waals surface area contributed by atoms with Crippen molar-refractivity contribution >= 4 is 17.5 Å². The highest BCUT2D eigenvalue weighted by atomic mass is 32.2. The molecule has 0 aromatic carbocycles. The second-order valence-corrected chi connectivity index (χ2v) is 4.39.